The van der Waals surface area contributed by atoms with E-state index in [-0.39, 0.29) is 5.56 Å². The number of rotatable bonds is 5. The summed E-state index contributed by atoms with van der Waals surface area (Å²) >= 11 is 0. The summed E-state index contributed by atoms with van der Waals surface area (Å²) in [6.45, 7) is 5.38. The Kier molecular flexibility index (Phi) is 4.90. The molecule has 1 aromatic heterocycles. The van der Waals surface area contributed by atoms with Crippen LogP contribution in [0.4, 0.5) is 0 Å². The van der Waals surface area contributed by atoms with Gasteiger partial charge in [0.05, 0.1) is 23.0 Å². The number of carboxylic acid groups (broad SMARTS) is 1. The van der Waals surface area contributed by atoms with E-state index in [9.17, 15) is 4.79 Å². The van der Waals surface area contributed by atoms with Crippen LogP contribution in [0, 0.1) is 11.3 Å². The van der Waals surface area contributed by atoms with Crippen LogP contribution in [-0.4, -0.2) is 20.9 Å². The summed E-state index contributed by atoms with van der Waals surface area (Å²) in [7, 11) is 0. The van der Waals surface area contributed by atoms with Crippen LogP contribution < -0.4 is 0 Å². The van der Waals surface area contributed by atoms with Crippen molar-refractivity contribution >= 4 is 11.5 Å². The minimum Gasteiger partial charge on any atom is -0.478 e. The summed E-state index contributed by atoms with van der Waals surface area (Å²) in [5.41, 5.74) is 2.82. The molecule has 0 saturated heterocycles. The first kappa shape index (κ1) is 16.0. The number of aromatic carboxylic acids is 1. The third kappa shape index (κ3) is 3.83. The number of benzene rings is 1. The maximum atomic E-state index is 11.0. The molecule has 0 fully saturated rings. The highest BCUT2D eigenvalue weighted by Crippen LogP contribution is 2.18. The maximum Gasteiger partial charge on any atom is 0.335 e. The van der Waals surface area contributed by atoms with E-state index in [2.05, 4.69) is 17.7 Å². The normalized spacial score (nSPS) is 11.8. The van der Waals surface area contributed by atoms with Gasteiger partial charge in [-0.3, -0.25) is 0 Å². The lowest BCUT2D eigenvalue weighted by atomic mass is 10.1. The predicted octanol–water partition coefficient (Wildman–Crippen LogP) is 3.61. The topological polar surface area (TPSA) is 78.9 Å². The zero-order valence-corrected chi connectivity index (χ0v) is 12.6. The summed E-state index contributed by atoms with van der Waals surface area (Å²) in [4.78, 5) is 11.0. The lowest BCUT2D eigenvalue weighted by Crippen LogP contribution is -2.00. The molecule has 0 aliphatic rings. The van der Waals surface area contributed by atoms with Crippen molar-refractivity contribution in [1.29, 1.82) is 5.26 Å². The van der Waals surface area contributed by atoms with Crippen LogP contribution in [0.2, 0.25) is 0 Å². The molecule has 0 radical (unpaired) electrons. The highest BCUT2D eigenvalue weighted by Gasteiger charge is 2.08. The smallest absolute Gasteiger partial charge is 0.335 e. The molecule has 0 unspecified atom stereocenters. The van der Waals surface area contributed by atoms with Gasteiger partial charge >= 0.3 is 5.97 Å². The Bertz CT molecular complexity index is 851. The quantitative estimate of drug-likeness (QED) is 0.676. The van der Waals surface area contributed by atoms with Crippen molar-refractivity contribution in [3.63, 3.8) is 0 Å². The average Bonchev–Trinajstić information content (AvgIpc) is 3.04. The van der Waals surface area contributed by atoms with E-state index in [0.29, 0.717) is 17.0 Å². The van der Waals surface area contributed by atoms with Crippen LogP contribution in [0.5, 0.6) is 0 Å². The molecule has 2 aromatic rings. The summed E-state index contributed by atoms with van der Waals surface area (Å²) in [5, 5.41) is 22.4. The van der Waals surface area contributed by atoms with Gasteiger partial charge < -0.3 is 5.11 Å². The maximum absolute atomic E-state index is 11.0. The predicted molar refractivity (Wildman–Crippen MR) is 88.1 cm³/mol. The van der Waals surface area contributed by atoms with Crippen molar-refractivity contribution in [2.75, 3.05) is 0 Å². The summed E-state index contributed by atoms with van der Waals surface area (Å²) in [6.07, 6.45) is 6.85. The van der Waals surface area contributed by atoms with Crippen molar-refractivity contribution in [3.8, 4) is 11.8 Å². The van der Waals surface area contributed by atoms with E-state index < -0.39 is 5.97 Å². The Labute approximate surface area is 134 Å². The van der Waals surface area contributed by atoms with Crippen molar-refractivity contribution < 1.29 is 9.90 Å². The summed E-state index contributed by atoms with van der Waals surface area (Å²) in [6, 6.07) is 10.4. The number of hydrogen-bond acceptors (Lipinski definition) is 3. The molecule has 0 bridgehead atoms. The number of nitrogens with zero attached hydrogens (tertiary/aromatic N) is 3. The van der Waals surface area contributed by atoms with Crippen LogP contribution in [0.25, 0.3) is 11.3 Å². The highest BCUT2D eigenvalue weighted by atomic mass is 16.4. The van der Waals surface area contributed by atoms with Gasteiger partial charge in [0.25, 0.3) is 0 Å². The van der Waals surface area contributed by atoms with Gasteiger partial charge in [-0.25, -0.2) is 9.48 Å². The number of nitriles is 1. The van der Waals surface area contributed by atoms with Gasteiger partial charge in [0.2, 0.25) is 0 Å². The lowest BCUT2D eigenvalue weighted by molar-refractivity contribution is 0.0697. The summed E-state index contributed by atoms with van der Waals surface area (Å²) in [5.74, 6) is -0.987. The molecule has 114 valence electrons. The van der Waals surface area contributed by atoms with Gasteiger partial charge in [-0.15, -0.1) is 0 Å². The fourth-order valence-electron chi connectivity index (χ4n) is 2.00. The largest absolute Gasteiger partial charge is 0.478 e. The number of hydrogen-bond donors (Lipinski definition) is 1. The van der Waals surface area contributed by atoms with Gasteiger partial charge in [-0.1, -0.05) is 24.8 Å². The van der Waals surface area contributed by atoms with E-state index in [4.69, 9.17) is 10.4 Å². The third-order valence-electron chi connectivity index (χ3n) is 3.09. The zero-order chi connectivity index (χ0) is 16.8. The molecule has 0 saturated carbocycles. The molecular weight excluding hydrogens is 290 g/mol. The number of carboxylic acids is 1. The van der Waals surface area contributed by atoms with E-state index >= 15 is 0 Å². The molecule has 5 heteroatoms. The van der Waals surface area contributed by atoms with Crippen molar-refractivity contribution in [2.45, 2.75) is 6.92 Å². The van der Waals surface area contributed by atoms with Gasteiger partial charge in [-0.05, 0) is 37.3 Å². The lowest BCUT2D eigenvalue weighted by Gasteiger charge is -2.03. The van der Waals surface area contributed by atoms with E-state index in [1.54, 1.807) is 60.3 Å². The van der Waals surface area contributed by atoms with Crippen LogP contribution in [0.3, 0.4) is 0 Å². The Morgan fingerprint density at radius 3 is 2.87 bits per heavy atom. The SMILES string of the molecule is C=C/C=C(\C=C(/C)C#N)c1ccn(-c2cccc(C(=O)O)c2)n1. The minimum absolute atomic E-state index is 0.196. The second kappa shape index (κ2) is 7.05. The van der Waals surface area contributed by atoms with Crippen molar-refractivity contribution in [2.24, 2.45) is 0 Å². The fraction of sp³-hybridized carbons (Fsp3) is 0.0556. The van der Waals surface area contributed by atoms with Gasteiger partial charge in [0, 0.05) is 17.3 Å². The molecule has 0 aliphatic heterocycles. The van der Waals surface area contributed by atoms with Crippen LogP contribution >= 0.6 is 0 Å². The Morgan fingerprint density at radius 2 is 2.22 bits per heavy atom. The highest BCUT2D eigenvalue weighted by molar-refractivity contribution is 5.88. The van der Waals surface area contributed by atoms with Gasteiger partial charge in [-0.2, -0.15) is 10.4 Å². The first-order valence-corrected chi connectivity index (χ1v) is 6.86. The molecule has 0 amide bonds. The molecule has 5 nitrogen and oxygen atoms in total. The second-order valence-corrected chi connectivity index (χ2v) is 4.80. The van der Waals surface area contributed by atoms with Gasteiger partial charge in [0.1, 0.15) is 0 Å². The van der Waals surface area contributed by atoms with Crippen LogP contribution in [-0.2, 0) is 0 Å². The number of carbonyl (C=O) groups is 1. The average molecular weight is 305 g/mol. The van der Waals surface area contributed by atoms with E-state index in [0.717, 1.165) is 5.57 Å². The molecule has 1 N–H and O–H groups in total. The second-order valence-electron chi connectivity index (χ2n) is 4.80. The van der Waals surface area contributed by atoms with E-state index in [1.165, 1.54) is 6.07 Å². The Hall–Kier alpha value is -3.39. The number of allylic oxidation sites excluding steroid dienone is 5. The molecule has 2 rings (SSSR count). The standard InChI is InChI=1S/C18H15N3O2/c1-3-5-14(10-13(2)12-19)17-8-9-21(20-17)16-7-4-6-15(11-16)18(22)23/h3-11H,1H2,2H3,(H,22,23)/b13-10+,14-5+. The van der Waals surface area contributed by atoms with Gasteiger partial charge in [0.15, 0.2) is 0 Å². The first-order chi connectivity index (χ1) is 11.0. The molecule has 0 spiro atoms. The van der Waals surface area contributed by atoms with Crippen molar-refractivity contribution in [3.05, 3.63) is 78.2 Å². The molecule has 0 aliphatic carbocycles. The molecule has 1 aromatic carbocycles. The first-order valence-electron chi connectivity index (χ1n) is 6.86. The Morgan fingerprint density at radius 1 is 1.43 bits per heavy atom. The number of aromatic nitrogens is 2. The van der Waals surface area contributed by atoms with Crippen molar-refractivity contribution in [1.82, 2.24) is 9.78 Å². The fourth-order valence-corrected chi connectivity index (χ4v) is 2.00. The van der Waals surface area contributed by atoms with E-state index in [1.807, 2.05) is 0 Å². The molecule has 23 heavy (non-hydrogen) atoms. The molecule has 0 atom stereocenters. The molecular formula is C18H15N3O2. The minimum atomic E-state index is -0.987. The van der Waals surface area contributed by atoms with Crippen LogP contribution in [0.15, 0.2) is 66.9 Å². The third-order valence-corrected chi connectivity index (χ3v) is 3.09. The zero-order valence-electron chi connectivity index (χ0n) is 12.6. The summed E-state index contributed by atoms with van der Waals surface area (Å²) < 4.78 is 1.59. The van der Waals surface area contributed by atoms with Crippen LogP contribution in [0.1, 0.15) is 23.0 Å². The monoisotopic (exact) mass is 305 g/mol. The Balaban J connectivity index is 2.42. The molecule has 1 heterocycles.